The minimum atomic E-state index is 0.0859. The maximum Gasteiger partial charge on any atom is 0.254 e. The molecule has 0 aromatic heterocycles. The van der Waals surface area contributed by atoms with Gasteiger partial charge in [-0.3, -0.25) is 4.79 Å². The highest BCUT2D eigenvalue weighted by atomic mass is 16.5. The maximum absolute atomic E-state index is 12.9. The van der Waals surface area contributed by atoms with Gasteiger partial charge in [0.05, 0.1) is 13.7 Å². The molecule has 2 fully saturated rings. The number of amides is 1. The highest BCUT2D eigenvalue weighted by Crippen LogP contribution is 2.29. The van der Waals surface area contributed by atoms with Gasteiger partial charge in [0.1, 0.15) is 0 Å². The number of fused-ring (bicyclic) bond motifs is 2. The zero-order valence-corrected chi connectivity index (χ0v) is 14.7. The van der Waals surface area contributed by atoms with Crippen LogP contribution in [0.5, 0.6) is 11.5 Å². The van der Waals surface area contributed by atoms with Crippen molar-refractivity contribution in [2.24, 2.45) is 0 Å². The van der Waals surface area contributed by atoms with Crippen molar-refractivity contribution in [2.75, 3.05) is 26.8 Å². The van der Waals surface area contributed by atoms with Crippen molar-refractivity contribution in [3.63, 3.8) is 0 Å². The fourth-order valence-corrected chi connectivity index (χ4v) is 3.56. The third-order valence-corrected chi connectivity index (χ3v) is 4.98. The van der Waals surface area contributed by atoms with Gasteiger partial charge in [-0.25, -0.2) is 0 Å². The Morgan fingerprint density at radius 1 is 1.25 bits per heavy atom. The molecule has 2 aliphatic rings. The van der Waals surface area contributed by atoms with Gasteiger partial charge in [0.25, 0.3) is 5.91 Å². The van der Waals surface area contributed by atoms with Crippen molar-refractivity contribution >= 4 is 5.91 Å². The number of ether oxygens (including phenoxy) is 2. The Morgan fingerprint density at radius 3 is 2.88 bits per heavy atom. The van der Waals surface area contributed by atoms with Gasteiger partial charge in [0.2, 0.25) is 0 Å². The number of carbonyl (C=O) groups is 1. The van der Waals surface area contributed by atoms with Gasteiger partial charge in [0.15, 0.2) is 11.5 Å². The van der Waals surface area contributed by atoms with Crippen LogP contribution in [-0.4, -0.2) is 49.7 Å². The van der Waals surface area contributed by atoms with Crippen molar-refractivity contribution in [3.8, 4) is 11.5 Å². The van der Waals surface area contributed by atoms with E-state index in [-0.39, 0.29) is 5.91 Å². The van der Waals surface area contributed by atoms with Crippen molar-refractivity contribution in [3.05, 3.63) is 23.8 Å². The zero-order chi connectivity index (χ0) is 16.9. The molecule has 3 rings (SSSR count). The molecule has 132 valence electrons. The lowest BCUT2D eigenvalue weighted by molar-refractivity contribution is 0.0747. The second kappa shape index (κ2) is 7.88. The predicted octanol–water partition coefficient (Wildman–Crippen LogP) is 2.84. The minimum absolute atomic E-state index is 0.0859. The number of likely N-dealkylation sites (tertiary alicyclic amines) is 1. The van der Waals surface area contributed by atoms with E-state index >= 15 is 0 Å². The van der Waals surface area contributed by atoms with Gasteiger partial charge < -0.3 is 19.7 Å². The van der Waals surface area contributed by atoms with Crippen LogP contribution in [0, 0.1) is 0 Å². The number of unbranched alkanes of at least 4 members (excludes halogenated alkanes) is 1. The number of benzene rings is 1. The maximum atomic E-state index is 12.9. The average Bonchev–Trinajstić information content (AvgIpc) is 2.93. The molecule has 5 heteroatoms. The molecule has 0 aliphatic carbocycles. The van der Waals surface area contributed by atoms with Crippen LogP contribution in [0.1, 0.15) is 49.4 Å². The lowest BCUT2D eigenvalue weighted by atomic mass is 10.1. The summed E-state index contributed by atoms with van der Waals surface area (Å²) in [7, 11) is 1.62. The number of hydrogen-bond donors (Lipinski definition) is 1. The normalized spacial score (nSPS) is 23.0. The third kappa shape index (κ3) is 3.83. The highest BCUT2D eigenvalue weighted by Gasteiger charge is 2.31. The molecule has 0 radical (unpaired) electrons. The van der Waals surface area contributed by atoms with Gasteiger partial charge in [-0.15, -0.1) is 0 Å². The molecule has 1 amide bonds. The monoisotopic (exact) mass is 332 g/mol. The Morgan fingerprint density at radius 2 is 2.08 bits per heavy atom. The number of methoxy groups -OCH3 is 1. The summed E-state index contributed by atoms with van der Waals surface area (Å²) in [4.78, 5) is 14.8. The Bertz CT molecular complexity index is 576. The molecule has 0 saturated carbocycles. The molecule has 5 nitrogen and oxygen atoms in total. The van der Waals surface area contributed by atoms with Crippen molar-refractivity contribution < 1.29 is 14.3 Å². The summed E-state index contributed by atoms with van der Waals surface area (Å²) >= 11 is 0. The summed E-state index contributed by atoms with van der Waals surface area (Å²) < 4.78 is 11.2. The van der Waals surface area contributed by atoms with E-state index in [9.17, 15) is 4.79 Å². The van der Waals surface area contributed by atoms with Crippen LogP contribution in [0.4, 0.5) is 0 Å². The zero-order valence-electron chi connectivity index (χ0n) is 14.7. The number of hydrogen-bond acceptors (Lipinski definition) is 4. The number of nitrogens with one attached hydrogen (secondary N) is 1. The predicted molar refractivity (Wildman–Crippen MR) is 93.9 cm³/mol. The average molecular weight is 332 g/mol. The topological polar surface area (TPSA) is 50.8 Å². The Hall–Kier alpha value is -1.75. The van der Waals surface area contributed by atoms with Gasteiger partial charge in [-0.2, -0.15) is 0 Å². The van der Waals surface area contributed by atoms with Crippen LogP contribution in [0.25, 0.3) is 0 Å². The van der Waals surface area contributed by atoms with E-state index in [1.54, 1.807) is 13.2 Å². The third-order valence-electron chi connectivity index (χ3n) is 4.98. The van der Waals surface area contributed by atoms with Crippen molar-refractivity contribution in [1.29, 1.82) is 0 Å². The van der Waals surface area contributed by atoms with Crippen LogP contribution < -0.4 is 14.8 Å². The summed E-state index contributed by atoms with van der Waals surface area (Å²) in [6.45, 7) is 4.42. The lowest BCUT2D eigenvalue weighted by Crippen LogP contribution is -2.39. The van der Waals surface area contributed by atoms with E-state index in [1.165, 1.54) is 12.8 Å². The SMILES string of the molecule is CCCCOc1ccc(C(=O)N2CCC3CCC(C2)N3)cc1OC. The first-order valence-corrected chi connectivity index (χ1v) is 9.07. The van der Waals surface area contributed by atoms with E-state index in [0.29, 0.717) is 35.8 Å². The van der Waals surface area contributed by atoms with E-state index in [0.717, 1.165) is 32.4 Å². The van der Waals surface area contributed by atoms with E-state index in [2.05, 4.69) is 12.2 Å². The fourth-order valence-electron chi connectivity index (χ4n) is 3.56. The lowest BCUT2D eigenvalue weighted by Gasteiger charge is -2.24. The summed E-state index contributed by atoms with van der Waals surface area (Å²) in [5.74, 6) is 1.42. The standard InChI is InChI=1S/C19H28N2O3/c1-3-4-11-24-17-8-5-14(12-18(17)23-2)19(22)21-10-9-15-6-7-16(13-21)20-15/h5,8,12,15-16,20H,3-4,6-7,9-11,13H2,1-2H3. The van der Waals surface area contributed by atoms with Gasteiger partial charge >= 0.3 is 0 Å². The molecule has 2 bridgehead atoms. The summed E-state index contributed by atoms with van der Waals surface area (Å²) in [6.07, 6.45) is 5.54. The molecule has 2 saturated heterocycles. The molecule has 2 atom stereocenters. The number of nitrogens with zero attached hydrogens (tertiary/aromatic N) is 1. The van der Waals surface area contributed by atoms with E-state index in [1.807, 2.05) is 17.0 Å². The molecule has 24 heavy (non-hydrogen) atoms. The molecule has 2 aliphatic heterocycles. The Balaban J connectivity index is 1.70. The smallest absolute Gasteiger partial charge is 0.254 e. The summed E-state index contributed by atoms with van der Waals surface area (Å²) in [5.41, 5.74) is 0.674. The van der Waals surface area contributed by atoms with Gasteiger partial charge in [-0.1, -0.05) is 13.3 Å². The molecule has 1 aromatic rings. The first-order chi connectivity index (χ1) is 11.7. The fraction of sp³-hybridized carbons (Fsp3) is 0.632. The van der Waals surface area contributed by atoms with E-state index < -0.39 is 0 Å². The van der Waals surface area contributed by atoms with Crippen LogP contribution in [0.15, 0.2) is 18.2 Å². The molecule has 0 spiro atoms. The largest absolute Gasteiger partial charge is 0.493 e. The molecule has 2 unspecified atom stereocenters. The van der Waals surface area contributed by atoms with Crippen LogP contribution in [0.2, 0.25) is 0 Å². The quantitative estimate of drug-likeness (QED) is 0.814. The van der Waals surface area contributed by atoms with Crippen LogP contribution in [0.3, 0.4) is 0 Å². The Labute approximate surface area is 144 Å². The second-order valence-electron chi connectivity index (χ2n) is 6.75. The van der Waals surface area contributed by atoms with Crippen LogP contribution >= 0.6 is 0 Å². The molecule has 1 N–H and O–H groups in total. The van der Waals surface area contributed by atoms with Crippen LogP contribution in [-0.2, 0) is 0 Å². The number of rotatable bonds is 6. The summed E-state index contributed by atoms with van der Waals surface area (Å²) in [5, 5.41) is 3.61. The van der Waals surface area contributed by atoms with Crippen molar-refractivity contribution in [2.45, 2.75) is 51.1 Å². The molecule has 2 heterocycles. The summed E-state index contributed by atoms with van der Waals surface area (Å²) in [6, 6.07) is 6.53. The van der Waals surface area contributed by atoms with Gasteiger partial charge in [-0.05, 0) is 43.9 Å². The first kappa shape index (κ1) is 17.1. The molecule has 1 aromatic carbocycles. The highest BCUT2D eigenvalue weighted by molar-refractivity contribution is 5.95. The molecular formula is C19H28N2O3. The van der Waals surface area contributed by atoms with Gasteiger partial charge in [0, 0.05) is 30.7 Å². The van der Waals surface area contributed by atoms with Crippen molar-refractivity contribution in [1.82, 2.24) is 10.2 Å². The molecular weight excluding hydrogens is 304 g/mol. The number of carbonyl (C=O) groups excluding carboxylic acids is 1. The Kier molecular flexibility index (Phi) is 5.61. The van der Waals surface area contributed by atoms with E-state index in [4.69, 9.17) is 9.47 Å². The first-order valence-electron chi connectivity index (χ1n) is 9.07. The minimum Gasteiger partial charge on any atom is -0.493 e. The second-order valence-corrected chi connectivity index (χ2v) is 6.75.